The highest BCUT2D eigenvalue weighted by atomic mass is 32.2. The van der Waals surface area contributed by atoms with Gasteiger partial charge >= 0.3 is 6.03 Å². The first kappa shape index (κ1) is 21.6. The second-order valence-electron chi connectivity index (χ2n) is 10.6. The van der Waals surface area contributed by atoms with Crippen molar-refractivity contribution in [1.29, 1.82) is 0 Å². The summed E-state index contributed by atoms with van der Waals surface area (Å²) >= 11 is 0. The number of nitrogens with one attached hydrogen (secondary N) is 2. The van der Waals surface area contributed by atoms with E-state index in [1.807, 2.05) is 18.7 Å². The summed E-state index contributed by atoms with van der Waals surface area (Å²) in [7, 11) is -3.50. The lowest BCUT2D eigenvalue weighted by Crippen LogP contribution is -2.65. The number of rotatable bonds is 7. The molecule has 0 spiro atoms. The number of carbonyl (C=O) groups is 2. The van der Waals surface area contributed by atoms with Gasteiger partial charge in [0, 0.05) is 24.2 Å². The van der Waals surface area contributed by atoms with Gasteiger partial charge in [-0.15, -0.1) is 0 Å². The first-order valence-electron chi connectivity index (χ1n) is 11.7. The molecule has 0 bridgehead atoms. The van der Waals surface area contributed by atoms with Gasteiger partial charge in [0.15, 0.2) is 0 Å². The molecule has 31 heavy (non-hydrogen) atoms. The third kappa shape index (κ3) is 4.36. The molecule has 5 aliphatic rings. The lowest BCUT2D eigenvalue weighted by Gasteiger charge is -2.48. The van der Waals surface area contributed by atoms with Crippen LogP contribution in [0.1, 0.15) is 65.2 Å². The molecule has 2 aliphatic heterocycles. The van der Waals surface area contributed by atoms with Crippen molar-refractivity contribution >= 4 is 22.0 Å². The van der Waals surface area contributed by atoms with Crippen molar-refractivity contribution in [2.75, 3.05) is 13.1 Å². The van der Waals surface area contributed by atoms with Gasteiger partial charge < -0.3 is 4.90 Å². The first-order chi connectivity index (χ1) is 14.7. The highest BCUT2D eigenvalue weighted by Crippen LogP contribution is 2.41. The molecule has 2 saturated heterocycles. The maximum atomic E-state index is 13.4. The van der Waals surface area contributed by atoms with Crippen molar-refractivity contribution < 1.29 is 22.8 Å². The Morgan fingerprint density at radius 1 is 1.13 bits per heavy atom. The van der Waals surface area contributed by atoms with Crippen LogP contribution in [-0.2, 0) is 19.7 Å². The highest BCUT2D eigenvalue weighted by Gasteiger charge is 2.53. The number of hydroxylamine groups is 1. The zero-order chi connectivity index (χ0) is 22.0. The predicted octanol–water partition coefficient (Wildman–Crippen LogP) is 1.35. The van der Waals surface area contributed by atoms with Gasteiger partial charge in [-0.25, -0.2) is 17.9 Å². The predicted molar refractivity (Wildman–Crippen MR) is 113 cm³/mol. The summed E-state index contributed by atoms with van der Waals surface area (Å²) in [5.74, 6) is -0.199. The number of amides is 3. The van der Waals surface area contributed by atoms with Crippen molar-refractivity contribution in [3.63, 3.8) is 0 Å². The van der Waals surface area contributed by atoms with Gasteiger partial charge in [0.1, 0.15) is 0 Å². The topological polar surface area (TPSA) is 108 Å². The van der Waals surface area contributed by atoms with E-state index in [0.717, 1.165) is 32.1 Å². The highest BCUT2D eigenvalue weighted by molar-refractivity contribution is 7.90. The van der Waals surface area contributed by atoms with Gasteiger partial charge in [0.25, 0.3) is 0 Å². The van der Waals surface area contributed by atoms with Gasteiger partial charge in [-0.2, -0.15) is 5.48 Å². The van der Waals surface area contributed by atoms with Gasteiger partial charge in [-0.05, 0) is 71.1 Å². The lowest BCUT2D eigenvalue weighted by molar-refractivity contribution is -0.142. The molecule has 0 aromatic heterocycles. The van der Waals surface area contributed by atoms with Crippen LogP contribution in [0, 0.1) is 11.8 Å². The van der Waals surface area contributed by atoms with Gasteiger partial charge in [0.2, 0.25) is 15.9 Å². The Hall–Kier alpha value is -1.23. The van der Waals surface area contributed by atoms with Gasteiger partial charge in [0.05, 0.1) is 23.8 Å². The Morgan fingerprint density at radius 2 is 1.87 bits per heavy atom. The Kier molecular flexibility index (Phi) is 5.35. The summed E-state index contributed by atoms with van der Waals surface area (Å²) in [6.07, 6.45) is 5.76. The van der Waals surface area contributed by atoms with Crippen LogP contribution in [-0.4, -0.2) is 72.2 Å². The number of carbonyl (C=O) groups excluding carboxylic acids is 2. The van der Waals surface area contributed by atoms with Crippen LogP contribution in [0.25, 0.3) is 0 Å². The monoisotopic (exact) mass is 454 g/mol. The molecule has 0 aromatic carbocycles. The van der Waals surface area contributed by atoms with Gasteiger partial charge in [-0.3, -0.25) is 14.5 Å². The fourth-order valence-electron chi connectivity index (χ4n) is 5.32. The minimum atomic E-state index is -3.50. The number of hydrogen-bond acceptors (Lipinski definition) is 6. The normalized spacial score (nSPS) is 37.8. The zero-order valence-electron chi connectivity index (χ0n) is 18.4. The van der Waals surface area contributed by atoms with Crippen molar-refractivity contribution in [3.05, 3.63) is 0 Å². The summed E-state index contributed by atoms with van der Waals surface area (Å²) in [5, 5.41) is -0.586. The Bertz CT molecular complexity index is 856. The van der Waals surface area contributed by atoms with E-state index in [-0.39, 0.29) is 48.6 Å². The Labute approximate surface area is 184 Å². The van der Waals surface area contributed by atoms with E-state index >= 15 is 0 Å². The van der Waals surface area contributed by atoms with Gasteiger partial charge in [-0.1, -0.05) is 0 Å². The Morgan fingerprint density at radius 3 is 2.48 bits per heavy atom. The molecular formula is C21H34N4O5S. The van der Waals surface area contributed by atoms with Crippen LogP contribution in [0.3, 0.4) is 0 Å². The minimum absolute atomic E-state index is 0.175. The molecule has 9 nitrogen and oxygen atoms in total. The van der Waals surface area contributed by atoms with Crippen LogP contribution < -0.4 is 10.2 Å². The molecular weight excluding hydrogens is 420 g/mol. The Balaban J connectivity index is 1.35. The maximum absolute atomic E-state index is 13.4. The maximum Gasteiger partial charge on any atom is 0.327 e. The third-order valence-corrected chi connectivity index (χ3v) is 9.73. The van der Waals surface area contributed by atoms with E-state index in [1.165, 1.54) is 4.90 Å². The standard InChI is InChI=1S/C21H34N4O5S/c1-13-9-15(30-22-13)12-25-19(26)17-10-16(31(28,29)23-21(2)7-8-21)5-6-18(17)24(20(25)27)11-14-3-4-14/h13-18,22-23H,3-12H2,1-2H3. The molecule has 174 valence electrons. The number of fused-ring (bicyclic) bond motifs is 1. The third-order valence-electron chi connectivity index (χ3n) is 7.64. The fraction of sp³-hybridized carbons (Fsp3) is 0.905. The number of urea groups is 1. The first-order valence-corrected chi connectivity index (χ1v) is 13.3. The summed E-state index contributed by atoms with van der Waals surface area (Å²) < 4.78 is 28.9. The summed E-state index contributed by atoms with van der Waals surface area (Å²) in [4.78, 5) is 35.5. The zero-order valence-corrected chi connectivity index (χ0v) is 19.2. The molecule has 0 aromatic rings. The van der Waals surface area contributed by atoms with E-state index in [2.05, 4.69) is 10.2 Å². The van der Waals surface area contributed by atoms with Crippen LogP contribution >= 0.6 is 0 Å². The molecule has 2 heterocycles. The lowest BCUT2D eigenvalue weighted by atomic mass is 9.80. The van der Waals surface area contributed by atoms with E-state index in [4.69, 9.17) is 4.84 Å². The largest absolute Gasteiger partial charge is 0.327 e. The number of sulfonamides is 1. The van der Waals surface area contributed by atoms with Crippen molar-refractivity contribution in [1.82, 2.24) is 20.0 Å². The second-order valence-corrected chi connectivity index (χ2v) is 12.6. The molecule has 10 heteroatoms. The average molecular weight is 455 g/mol. The molecule has 5 atom stereocenters. The van der Waals surface area contributed by atoms with Crippen LogP contribution in [0.15, 0.2) is 0 Å². The molecule has 5 rings (SSSR count). The number of nitrogens with zero attached hydrogens (tertiary/aromatic N) is 2. The van der Waals surface area contributed by atoms with E-state index in [1.54, 1.807) is 0 Å². The van der Waals surface area contributed by atoms with Crippen molar-refractivity contribution in [3.8, 4) is 0 Å². The molecule has 2 N–H and O–H groups in total. The number of imide groups is 1. The second kappa shape index (κ2) is 7.67. The summed E-state index contributed by atoms with van der Waals surface area (Å²) in [6.45, 7) is 4.81. The van der Waals surface area contributed by atoms with Crippen molar-refractivity contribution in [2.24, 2.45) is 11.8 Å². The van der Waals surface area contributed by atoms with Crippen LogP contribution in [0.4, 0.5) is 4.79 Å². The van der Waals surface area contributed by atoms with E-state index in [9.17, 15) is 18.0 Å². The quantitative estimate of drug-likeness (QED) is 0.601. The SMILES string of the molecule is CC1CC(CN2C(=O)C3CC(S(=O)(=O)NC4(C)CC4)CCC3N(CC3CC3)C2=O)ON1. The molecule has 5 unspecified atom stereocenters. The fourth-order valence-corrected chi connectivity index (χ4v) is 7.29. The smallest absolute Gasteiger partial charge is 0.320 e. The average Bonchev–Trinajstić information content (AvgIpc) is 3.63. The van der Waals surface area contributed by atoms with Crippen molar-refractivity contribution in [2.45, 2.75) is 94.2 Å². The molecule has 5 fully saturated rings. The van der Waals surface area contributed by atoms with E-state index < -0.39 is 21.2 Å². The van der Waals surface area contributed by atoms with Crippen LogP contribution in [0.2, 0.25) is 0 Å². The van der Waals surface area contributed by atoms with E-state index in [0.29, 0.717) is 25.3 Å². The van der Waals surface area contributed by atoms with Crippen LogP contribution in [0.5, 0.6) is 0 Å². The minimum Gasteiger partial charge on any atom is -0.320 e. The number of hydrogen-bond donors (Lipinski definition) is 2. The molecule has 3 aliphatic carbocycles. The molecule has 3 amide bonds. The summed E-state index contributed by atoms with van der Waals surface area (Å²) in [6, 6.07) is -0.248. The molecule has 3 saturated carbocycles. The molecule has 0 radical (unpaired) electrons. The summed E-state index contributed by atoms with van der Waals surface area (Å²) in [5.41, 5.74) is 2.58.